The van der Waals surface area contributed by atoms with Crippen LogP contribution in [0.1, 0.15) is 38.8 Å². The van der Waals surface area contributed by atoms with Crippen LogP contribution < -0.4 is 0 Å². The summed E-state index contributed by atoms with van der Waals surface area (Å²) in [5.41, 5.74) is 7.53. The molecule has 0 unspecified atom stereocenters. The zero-order chi connectivity index (χ0) is 19.7. The largest absolute Gasteiger partial charge is 0.383 e. The van der Waals surface area contributed by atoms with Crippen LogP contribution in [0.15, 0.2) is 76.0 Å². The molecule has 0 aliphatic heterocycles. The fraction of sp³-hybridized carbons (Fsp3) is 0.304. The van der Waals surface area contributed by atoms with Crippen molar-refractivity contribution in [1.82, 2.24) is 4.90 Å². The van der Waals surface area contributed by atoms with Crippen molar-refractivity contribution in [3.63, 3.8) is 0 Å². The van der Waals surface area contributed by atoms with Crippen LogP contribution in [0, 0.1) is 0 Å². The summed E-state index contributed by atoms with van der Waals surface area (Å²) in [5, 5.41) is 0. The molecule has 0 N–H and O–H groups in total. The van der Waals surface area contributed by atoms with E-state index >= 15 is 0 Å². The number of allylic oxidation sites excluding steroid dienone is 6. The van der Waals surface area contributed by atoms with E-state index < -0.39 is 0 Å². The van der Waals surface area contributed by atoms with Gasteiger partial charge in [-0.2, -0.15) is 0 Å². The van der Waals surface area contributed by atoms with Crippen molar-refractivity contribution < 1.29 is 0 Å². The first-order valence-electron chi connectivity index (χ1n) is 8.77. The zero-order valence-electron chi connectivity index (χ0n) is 17.2. The summed E-state index contributed by atoms with van der Waals surface area (Å²) >= 11 is 0. The molecule has 26 heavy (non-hydrogen) atoms. The van der Waals surface area contributed by atoms with E-state index in [0.717, 1.165) is 39.3 Å². The van der Waals surface area contributed by atoms with Gasteiger partial charge < -0.3 is 4.90 Å². The molecule has 0 aliphatic carbocycles. The topological polar surface area (TPSA) is 28.0 Å². The van der Waals surface area contributed by atoms with Crippen LogP contribution in [0.5, 0.6) is 0 Å². The lowest BCUT2D eigenvalue weighted by Crippen LogP contribution is -2.03. The van der Waals surface area contributed by atoms with Crippen LogP contribution in [0.25, 0.3) is 5.57 Å². The summed E-state index contributed by atoms with van der Waals surface area (Å²) in [6.45, 7) is 12.1. The van der Waals surface area contributed by atoms with E-state index in [1.165, 1.54) is 0 Å². The van der Waals surface area contributed by atoms with Crippen molar-refractivity contribution in [2.45, 2.75) is 27.7 Å². The van der Waals surface area contributed by atoms with E-state index in [2.05, 4.69) is 55.0 Å². The Labute approximate surface area is 158 Å². The lowest BCUT2D eigenvalue weighted by atomic mass is 10.0. The van der Waals surface area contributed by atoms with Crippen molar-refractivity contribution in [2.24, 2.45) is 9.98 Å². The first-order chi connectivity index (χ1) is 12.3. The summed E-state index contributed by atoms with van der Waals surface area (Å²) in [6, 6.07) is 8.40. The summed E-state index contributed by atoms with van der Waals surface area (Å²) in [7, 11) is 5.80. The van der Waals surface area contributed by atoms with Gasteiger partial charge in [0, 0.05) is 45.0 Å². The molecule has 0 heterocycles. The second-order valence-corrected chi connectivity index (χ2v) is 6.37. The highest BCUT2D eigenvalue weighted by Crippen LogP contribution is 2.19. The smallest absolute Gasteiger partial charge is 0.0448 e. The van der Waals surface area contributed by atoms with Crippen molar-refractivity contribution in [1.29, 1.82) is 0 Å². The molecular formula is C23H31N3. The van der Waals surface area contributed by atoms with Crippen LogP contribution in [0.4, 0.5) is 0 Å². The summed E-state index contributed by atoms with van der Waals surface area (Å²) in [4.78, 5) is 11.0. The molecule has 3 nitrogen and oxygen atoms in total. The predicted octanol–water partition coefficient (Wildman–Crippen LogP) is 5.52. The summed E-state index contributed by atoms with van der Waals surface area (Å²) < 4.78 is 0. The highest BCUT2D eigenvalue weighted by atomic mass is 15.0. The average molecular weight is 350 g/mol. The molecule has 3 heteroatoms. The van der Waals surface area contributed by atoms with Gasteiger partial charge in [-0.05, 0) is 61.6 Å². The molecule has 0 atom stereocenters. The van der Waals surface area contributed by atoms with Gasteiger partial charge in [0.25, 0.3) is 0 Å². The number of benzene rings is 1. The predicted molar refractivity (Wildman–Crippen MR) is 117 cm³/mol. The molecule has 0 aromatic heterocycles. The fourth-order valence-corrected chi connectivity index (χ4v) is 2.58. The van der Waals surface area contributed by atoms with Gasteiger partial charge in [0.2, 0.25) is 0 Å². The second kappa shape index (κ2) is 10.3. The minimum atomic E-state index is 0.987. The molecule has 1 aromatic carbocycles. The van der Waals surface area contributed by atoms with Crippen molar-refractivity contribution in [2.75, 3.05) is 21.1 Å². The third kappa shape index (κ3) is 5.99. The normalized spacial score (nSPS) is 14.5. The SMILES string of the molecule is C=C/C(=C\N(C)C)c1cccc(C(C)=N/C(C)=C(C)/C(C=NC)=C/C)c1. The highest BCUT2D eigenvalue weighted by molar-refractivity contribution is 6.00. The van der Waals surface area contributed by atoms with E-state index in [1.807, 2.05) is 52.1 Å². The first-order valence-corrected chi connectivity index (χ1v) is 8.77. The Morgan fingerprint density at radius 1 is 1.12 bits per heavy atom. The Kier molecular flexibility index (Phi) is 8.50. The van der Waals surface area contributed by atoms with Gasteiger partial charge in [0.1, 0.15) is 0 Å². The van der Waals surface area contributed by atoms with Crippen LogP contribution in [-0.4, -0.2) is 38.0 Å². The molecule has 0 saturated carbocycles. The van der Waals surface area contributed by atoms with Gasteiger partial charge >= 0.3 is 0 Å². The second-order valence-electron chi connectivity index (χ2n) is 6.37. The summed E-state index contributed by atoms with van der Waals surface area (Å²) in [5.74, 6) is 0. The Bertz CT molecular complexity index is 787. The van der Waals surface area contributed by atoms with Gasteiger partial charge in [-0.3, -0.25) is 9.98 Å². The van der Waals surface area contributed by atoms with Crippen molar-refractivity contribution >= 4 is 17.5 Å². The Morgan fingerprint density at radius 3 is 2.31 bits per heavy atom. The number of nitrogens with zero attached hydrogens (tertiary/aromatic N) is 3. The van der Waals surface area contributed by atoms with E-state index in [1.54, 1.807) is 7.05 Å². The van der Waals surface area contributed by atoms with Crippen LogP contribution in [0.3, 0.4) is 0 Å². The maximum Gasteiger partial charge on any atom is 0.0448 e. The quantitative estimate of drug-likeness (QED) is 0.470. The number of hydrogen-bond acceptors (Lipinski definition) is 3. The number of aliphatic imine (C=N–C) groups is 2. The molecule has 0 bridgehead atoms. The molecule has 0 saturated heterocycles. The van der Waals surface area contributed by atoms with Crippen LogP contribution in [-0.2, 0) is 0 Å². The molecule has 0 spiro atoms. The molecule has 0 radical (unpaired) electrons. The lowest BCUT2D eigenvalue weighted by Gasteiger charge is -2.11. The monoisotopic (exact) mass is 349 g/mol. The Balaban J connectivity index is 3.29. The molecule has 138 valence electrons. The van der Waals surface area contributed by atoms with Crippen molar-refractivity contribution in [3.8, 4) is 0 Å². The van der Waals surface area contributed by atoms with Gasteiger partial charge in [-0.25, -0.2) is 0 Å². The molecule has 1 rings (SSSR count). The van der Waals surface area contributed by atoms with Crippen LogP contribution in [0.2, 0.25) is 0 Å². The third-order valence-corrected chi connectivity index (χ3v) is 4.12. The standard InChI is InChI=1S/C23H31N3/c1-9-20(15-24-6)17(3)18(4)25-19(5)22-12-11-13-23(14-22)21(10-2)16-26(7)8/h9-16H,2H2,1,3-8H3/b18-17+,20-9+,21-16+,24-15?,25-19?. The number of rotatable bonds is 7. The first kappa shape index (κ1) is 21.4. The Morgan fingerprint density at radius 2 is 1.77 bits per heavy atom. The van der Waals surface area contributed by atoms with Gasteiger partial charge in [0.05, 0.1) is 0 Å². The summed E-state index contributed by atoms with van der Waals surface area (Å²) in [6.07, 6.45) is 7.87. The van der Waals surface area contributed by atoms with Crippen molar-refractivity contribution in [3.05, 3.63) is 77.2 Å². The molecular weight excluding hydrogens is 318 g/mol. The zero-order valence-corrected chi connectivity index (χ0v) is 17.2. The third-order valence-electron chi connectivity index (χ3n) is 4.12. The van der Waals surface area contributed by atoms with Crippen LogP contribution >= 0.6 is 0 Å². The lowest BCUT2D eigenvalue weighted by molar-refractivity contribution is 0.566. The van der Waals surface area contributed by atoms with E-state index in [0.29, 0.717) is 0 Å². The molecule has 0 fully saturated rings. The van der Waals surface area contributed by atoms with E-state index in [-0.39, 0.29) is 0 Å². The van der Waals surface area contributed by atoms with Gasteiger partial charge in [-0.1, -0.05) is 36.9 Å². The average Bonchev–Trinajstić information content (AvgIpc) is 2.63. The maximum absolute atomic E-state index is 4.82. The van der Waals surface area contributed by atoms with Gasteiger partial charge in [-0.15, -0.1) is 0 Å². The molecule has 1 aromatic rings. The molecule has 0 amide bonds. The Hall–Kier alpha value is -2.68. The highest BCUT2D eigenvalue weighted by Gasteiger charge is 2.05. The minimum absolute atomic E-state index is 0.987. The maximum atomic E-state index is 4.82. The van der Waals surface area contributed by atoms with E-state index in [9.17, 15) is 0 Å². The number of hydrogen-bond donors (Lipinski definition) is 0. The van der Waals surface area contributed by atoms with Gasteiger partial charge in [0.15, 0.2) is 0 Å². The molecule has 0 aliphatic rings. The van der Waals surface area contributed by atoms with E-state index in [4.69, 9.17) is 4.99 Å². The minimum Gasteiger partial charge on any atom is -0.383 e. The fourth-order valence-electron chi connectivity index (χ4n) is 2.58.